The maximum Gasteiger partial charge on any atom is 0.322 e. The van der Waals surface area contributed by atoms with Crippen molar-refractivity contribution < 1.29 is 18.3 Å². The minimum Gasteiger partial charge on any atom is -0.480 e. The van der Waals surface area contributed by atoms with Crippen LogP contribution in [0.5, 0.6) is 0 Å². The number of benzene rings is 1. The van der Waals surface area contributed by atoms with Crippen LogP contribution in [-0.2, 0) is 14.8 Å². The summed E-state index contributed by atoms with van der Waals surface area (Å²) in [5.74, 6) is -1.25. The number of rotatable bonds is 4. The second-order valence-electron chi connectivity index (χ2n) is 5.40. The van der Waals surface area contributed by atoms with Gasteiger partial charge in [0.1, 0.15) is 6.04 Å². The first-order valence-electron chi connectivity index (χ1n) is 5.83. The van der Waals surface area contributed by atoms with Crippen molar-refractivity contribution in [2.24, 2.45) is 5.41 Å². The zero-order valence-electron chi connectivity index (χ0n) is 11.4. The fourth-order valence-corrected chi connectivity index (χ4v) is 2.99. The lowest BCUT2D eigenvalue weighted by Gasteiger charge is -2.27. The van der Waals surface area contributed by atoms with E-state index in [4.69, 9.17) is 10.4 Å². The van der Waals surface area contributed by atoms with E-state index in [9.17, 15) is 13.2 Å². The molecular weight excluding hydrogens is 280 g/mol. The van der Waals surface area contributed by atoms with Gasteiger partial charge in [-0.15, -0.1) is 0 Å². The first-order valence-corrected chi connectivity index (χ1v) is 7.31. The Kier molecular flexibility index (Phi) is 4.53. The van der Waals surface area contributed by atoms with Crippen molar-refractivity contribution in [3.05, 3.63) is 29.8 Å². The van der Waals surface area contributed by atoms with Gasteiger partial charge in [0.05, 0.1) is 16.5 Å². The smallest absolute Gasteiger partial charge is 0.322 e. The maximum absolute atomic E-state index is 12.2. The lowest BCUT2D eigenvalue weighted by atomic mass is 9.88. The van der Waals surface area contributed by atoms with Crippen LogP contribution in [0.15, 0.2) is 29.2 Å². The predicted molar refractivity (Wildman–Crippen MR) is 72.4 cm³/mol. The van der Waals surface area contributed by atoms with Crippen molar-refractivity contribution in [3.63, 3.8) is 0 Å². The van der Waals surface area contributed by atoms with Gasteiger partial charge in [-0.2, -0.15) is 9.98 Å². The summed E-state index contributed by atoms with van der Waals surface area (Å²) < 4.78 is 26.5. The van der Waals surface area contributed by atoms with Gasteiger partial charge in [-0.05, 0) is 23.6 Å². The lowest BCUT2D eigenvalue weighted by molar-refractivity contribution is -0.141. The molecule has 0 aliphatic carbocycles. The first kappa shape index (κ1) is 16.1. The van der Waals surface area contributed by atoms with E-state index in [0.29, 0.717) is 0 Å². The highest BCUT2D eigenvalue weighted by atomic mass is 32.2. The van der Waals surface area contributed by atoms with Gasteiger partial charge >= 0.3 is 5.97 Å². The Balaban J connectivity index is 3.17. The van der Waals surface area contributed by atoms with Crippen LogP contribution in [0.3, 0.4) is 0 Å². The number of carbonyl (C=O) groups is 1. The van der Waals surface area contributed by atoms with Crippen molar-refractivity contribution in [1.82, 2.24) is 4.72 Å². The number of nitrogens with zero attached hydrogens (tertiary/aromatic N) is 1. The molecule has 0 radical (unpaired) electrons. The number of aliphatic carboxylic acids is 1. The third kappa shape index (κ3) is 3.79. The average Bonchev–Trinajstić information content (AvgIpc) is 2.34. The molecule has 1 aromatic rings. The molecule has 7 heteroatoms. The molecule has 1 atom stereocenters. The van der Waals surface area contributed by atoms with E-state index in [0.717, 1.165) is 0 Å². The zero-order valence-corrected chi connectivity index (χ0v) is 12.2. The van der Waals surface area contributed by atoms with E-state index in [1.54, 1.807) is 20.8 Å². The number of nitriles is 1. The summed E-state index contributed by atoms with van der Waals surface area (Å²) in [5.41, 5.74) is -0.596. The summed E-state index contributed by atoms with van der Waals surface area (Å²) in [6, 6.07) is 5.98. The number of carboxylic acids is 1. The van der Waals surface area contributed by atoms with Gasteiger partial charge < -0.3 is 5.11 Å². The number of sulfonamides is 1. The summed E-state index contributed by atoms with van der Waals surface area (Å²) in [7, 11) is -4.00. The standard InChI is InChI=1S/C13H16N2O4S/c1-13(2,3)11(12(16)17)15-20(18,19)10-6-4-5-9(7-10)8-14/h4-7,11,15H,1-3H3,(H,16,17)/t11-/m1/s1. The van der Waals surface area contributed by atoms with E-state index in [1.807, 2.05) is 6.07 Å². The molecule has 1 rings (SSSR count). The molecule has 0 aromatic heterocycles. The molecule has 2 N–H and O–H groups in total. The van der Waals surface area contributed by atoms with Gasteiger partial charge in [-0.3, -0.25) is 4.79 Å². The van der Waals surface area contributed by atoms with Gasteiger partial charge in [-0.25, -0.2) is 8.42 Å². The SMILES string of the molecule is CC(C)(C)[C@H](NS(=O)(=O)c1cccc(C#N)c1)C(=O)O. The largest absolute Gasteiger partial charge is 0.480 e. The molecule has 108 valence electrons. The Morgan fingerprint density at radius 2 is 2.00 bits per heavy atom. The topological polar surface area (TPSA) is 107 Å². The highest BCUT2D eigenvalue weighted by Gasteiger charge is 2.35. The third-order valence-corrected chi connectivity index (χ3v) is 4.08. The van der Waals surface area contributed by atoms with E-state index < -0.39 is 27.4 Å². The van der Waals surface area contributed by atoms with E-state index in [2.05, 4.69) is 4.72 Å². The normalized spacial score (nSPS) is 13.5. The molecule has 0 spiro atoms. The molecule has 0 saturated carbocycles. The molecule has 0 saturated heterocycles. The van der Waals surface area contributed by atoms with Crippen molar-refractivity contribution >= 4 is 16.0 Å². The molecule has 0 bridgehead atoms. The fourth-order valence-electron chi connectivity index (χ4n) is 1.55. The first-order chi connectivity index (χ1) is 9.08. The highest BCUT2D eigenvalue weighted by molar-refractivity contribution is 7.89. The average molecular weight is 296 g/mol. The lowest BCUT2D eigenvalue weighted by Crippen LogP contribution is -2.48. The van der Waals surface area contributed by atoms with Crippen LogP contribution in [0.1, 0.15) is 26.3 Å². The minimum atomic E-state index is -4.00. The summed E-state index contributed by atoms with van der Waals surface area (Å²) in [4.78, 5) is 11.1. The molecule has 0 aliphatic rings. The van der Waals surface area contributed by atoms with Crippen LogP contribution < -0.4 is 4.72 Å². The molecule has 0 aliphatic heterocycles. The van der Waals surface area contributed by atoms with E-state index >= 15 is 0 Å². The minimum absolute atomic E-state index is 0.132. The van der Waals surface area contributed by atoms with Crippen molar-refractivity contribution in [2.75, 3.05) is 0 Å². The van der Waals surface area contributed by atoms with Crippen molar-refractivity contribution in [1.29, 1.82) is 5.26 Å². The Labute approximate surface area is 118 Å². The van der Waals surface area contributed by atoms with Gasteiger partial charge in [-0.1, -0.05) is 26.8 Å². The predicted octanol–water partition coefficient (Wildman–Crippen LogP) is 1.34. The number of hydrogen-bond donors (Lipinski definition) is 2. The molecular formula is C13H16N2O4S. The number of carboxylic acid groups (broad SMARTS) is 1. The second kappa shape index (κ2) is 5.61. The summed E-state index contributed by atoms with van der Waals surface area (Å²) in [5, 5.41) is 17.9. The Morgan fingerprint density at radius 1 is 1.40 bits per heavy atom. The second-order valence-corrected chi connectivity index (χ2v) is 7.11. The molecule has 0 amide bonds. The van der Waals surface area contributed by atoms with Gasteiger partial charge in [0.25, 0.3) is 0 Å². The van der Waals surface area contributed by atoms with E-state index in [1.165, 1.54) is 24.3 Å². The molecule has 6 nitrogen and oxygen atoms in total. The molecule has 1 aromatic carbocycles. The zero-order chi connectivity index (χ0) is 15.6. The number of nitrogens with one attached hydrogen (secondary N) is 1. The van der Waals surface area contributed by atoms with Crippen molar-refractivity contribution in [2.45, 2.75) is 31.7 Å². The Bertz CT molecular complexity index is 654. The van der Waals surface area contributed by atoms with Crippen LogP contribution >= 0.6 is 0 Å². The van der Waals surface area contributed by atoms with Crippen LogP contribution in [0, 0.1) is 16.7 Å². The fraction of sp³-hybridized carbons (Fsp3) is 0.385. The monoisotopic (exact) mass is 296 g/mol. The van der Waals surface area contributed by atoms with Crippen LogP contribution in [-0.4, -0.2) is 25.5 Å². The van der Waals surface area contributed by atoms with Crippen LogP contribution in [0.2, 0.25) is 0 Å². The molecule has 0 fully saturated rings. The Morgan fingerprint density at radius 3 is 2.45 bits per heavy atom. The molecule has 0 unspecified atom stereocenters. The number of hydrogen-bond acceptors (Lipinski definition) is 4. The molecule has 0 heterocycles. The van der Waals surface area contributed by atoms with Gasteiger partial charge in [0.2, 0.25) is 10.0 Å². The quantitative estimate of drug-likeness (QED) is 0.871. The van der Waals surface area contributed by atoms with Gasteiger partial charge in [0, 0.05) is 0 Å². The van der Waals surface area contributed by atoms with Gasteiger partial charge in [0.15, 0.2) is 0 Å². The van der Waals surface area contributed by atoms with Crippen LogP contribution in [0.4, 0.5) is 0 Å². The molecule has 20 heavy (non-hydrogen) atoms. The van der Waals surface area contributed by atoms with E-state index in [-0.39, 0.29) is 10.5 Å². The van der Waals surface area contributed by atoms with Crippen molar-refractivity contribution in [3.8, 4) is 6.07 Å². The Hall–Kier alpha value is -1.91. The maximum atomic E-state index is 12.2. The summed E-state index contributed by atoms with van der Waals surface area (Å²) in [6.45, 7) is 4.88. The summed E-state index contributed by atoms with van der Waals surface area (Å²) in [6.07, 6.45) is 0. The van der Waals surface area contributed by atoms with Crippen LogP contribution in [0.25, 0.3) is 0 Å². The highest BCUT2D eigenvalue weighted by Crippen LogP contribution is 2.22. The third-order valence-electron chi connectivity index (χ3n) is 2.66. The summed E-state index contributed by atoms with van der Waals surface area (Å²) >= 11 is 0.